The molecular formula is C20H23F3N2O3S. The van der Waals surface area contributed by atoms with Crippen LogP contribution in [0.25, 0.3) is 0 Å². The summed E-state index contributed by atoms with van der Waals surface area (Å²) in [5.41, 5.74) is 1.19. The summed E-state index contributed by atoms with van der Waals surface area (Å²) in [6.07, 6.45) is -3.17. The minimum absolute atomic E-state index is 0.0814. The SMILES string of the molecule is O=S(=O)(NCC1CCCN(Cc2ccccc2)C1)c1ccccc1OC(F)(F)F. The molecule has 0 radical (unpaired) electrons. The van der Waals surface area contributed by atoms with E-state index in [2.05, 4.69) is 14.4 Å². The first-order chi connectivity index (χ1) is 13.7. The van der Waals surface area contributed by atoms with Crippen LogP contribution in [0.1, 0.15) is 18.4 Å². The molecule has 0 spiro atoms. The average Bonchev–Trinajstić information content (AvgIpc) is 2.67. The molecule has 0 bridgehead atoms. The van der Waals surface area contributed by atoms with Crippen LogP contribution in [0.15, 0.2) is 59.5 Å². The second-order valence-corrected chi connectivity index (χ2v) is 8.81. The monoisotopic (exact) mass is 428 g/mol. The molecule has 1 aliphatic rings. The molecule has 1 aliphatic heterocycles. The number of rotatable bonds is 7. The fraction of sp³-hybridized carbons (Fsp3) is 0.400. The van der Waals surface area contributed by atoms with Crippen molar-refractivity contribution >= 4 is 10.0 Å². The van der Waals surface area contributed by atoms with Gasteiger partial charge in [-0.3, -0.25) is 4.90 Å². The summed E-state index contributed by atoms with van der Waals surface area (Å²) in [6, 6.07) is 14.8. The first-order valence-electron chi connectivity index (χ1n) is 9.34. The Kier molecular flexibility index (Phi) is 6.81. The van der Waals surface area contributed by atoms with Crippen molar-refractivity contribution in [3.05, 3.63) is 60.2 Å². The van der Waals surface area contributed by atoms with Crippen molar-refractivity contribution in [1.29, 1.82) is 0 Å². The Bertz CT molecular complexity index is 905. The number of likely N-dealkylation sites (tertiary alicyclic amines) is 1. The number of para-hydroxylation sites is 1. The van der Waals surface area contributed by atoms with Gasteiger partial charge in [0.05, 0.1) is 0 Å². The van der Waals surface area contributed by atoms with Gasteiger partial charge < -0.3 is 4.74 Å². The smallest absolute Gasteiger partial charge is 0.404 e. The summed E-state index contributed by atoms with van der Waals surface area (Å²) >= 11 is 0. The first kappa shape index (κ1) is 21.6. The number of benzene rings is 2. The third-order valence-corrected chi connectivity index (χ3v) is 6.24. The minimum atomic E-state index is -4.97. The number of alkyl halides is 3. The number of piperidine rings is 1. The fourth-order valence-corrected chi connectivity index (χ4v) is 4.73. The number of ether oxygens (including phenoxy) is 1. The van der Waals surface area contributed by atoms with Gasteiger partial charge in [0, 0.05) is 19.6 Å². The van der Waals surface area contributed by atoms with Crippen LogP contribution >= 0.6 is 0 Å². The number of nitrogens with one attached hydrogen (secondary N) is 1. The van der Waals surface area contributed by atoms with E-state index in [1.54, 1.807) is 0 Å². The van der Waals surface area contributed by atoms with E-state index < -0.39 is 27.0 Å². The summed E-state index contributed by atoms with van der Waals surface area (Å²) in [5, 5.41) is 0. The molecule has 0 aliphatic carbocycles. The molecule has 158 valence electrons. The predicted octanol–water partition coefficient (Wildman–Crippen LogP) is 3.78. The van der Waals surface area contributed by atoms with Gasteiger partial charge in [0.15, 0.2) is 0 Å². The summed E-state index contributed by atoms with van der Waals surface area (Å²) in [7, 11) is -4.13. The van der Waals surface area contributed by atoms with Gasteiger partial charge in [0.1, 0.15) is 10.6 Å². The Hall–Kier alpha value is -2.10. The molecule has 3 rings (SSSR count). The number of nitrogens with zero attached hydrogens (tertiary/aromatic N) is 1. The zero-order valence-corrected chi connectivity index (χ0v) is 16.5. The zero-order valence-electron chi connectivity index (χ0n) is 15.7. The molecular weight excluding hydrogens is 405 g/mol. The maximum atomic E-state index is 12.6. The molecule has 0 aromatic heterocycles. The Morgan fingerprint density at radius 3 is 2.48 bits per heavy atom. The first-order valence-corrected chi connectivity index (χ1v) is 10.8. The van der Waals surface area contributed by atoms with E-state index in [4.69, 9.17) is 0 Å². The van der Waals surface area contributed by atoms with E-state index in [9.17, 15) is 21.6 Å². The van der Waals surface area contributed by atoms with Crippen LogP contribution in [-0.2, 0) is 16.6 Å². The Balaban J connectivity index is 1.62. The van der Waals surface area contributed by atoms with Crippen molar-refractivity contribution in [2.75, 3.05) is 19.6 Å². The van der Waals surface area contributed by atoms with Crippen LogP contribution in [0, 0.1) is 5.92 Å². The van der Waals surface area contributed by atoms with E-state index in [1.165, 1.54) is 17.7 Å². The number of hydrogen-bond acceptors (Lipinski definition) is 4. The lowest BCUT2D eigenvalue weighted by Gasteiger charge is -2.32. The molecule has 2 aromatic carbocycles. The van der Waals surface area contributed by atoms with Gasteiger partial charge in [-0.05, 0) is 43.0 Å². The summed E-state index contributed by atoms with van der Waals surface area (Å²) in [4.78, 5) is 1.74. The Morgan fingerprint density at radius 1 is 1.07 bits per heavy atom. The molecule has 5 nitrogen and oxygen atoms in total. The van der Waals surface area contributed by atoms with E-state index in [-0.39, 0.29) is 12.5 Å². The maximum absolute atomic E-state index is 12.6. The number of hydrogen-bond donors (Lipinski definition) is 1. The highest BCUT2D eigenvalue weighted by atomic mass is 32.2. The molecule has 1 N–H and O–H groups in total. The second kappa shape index (κ2) is 9.15. The summed E-state index contributed by atoms with van der Waals surface area (Å²) in [5.74, 6) is -0.653. The quantitative estimate of drug-likeness (QED) is 0.729. The van der Waals surface area contributed by atoms with Crippen molar-refractivity contribution in [3.63, 3.8) is 0 Å². The highest BCUT2D eigenvalue weighted by Crippen LogP contribution is 2.29. The van der Waals surface area contributed by atoms with Gasteiger partial charge >= 0.3 is 6.36 Å². The van der Waals surface area contributed by atoms with Crippen molar-refractivity contribution in [1.82, 2.24) is 9.62 Å². The average molecular weight is 428 g/mol. The molecule has 1 unspecified atom stereocenters. The molecule has 1 fully saturated rings. The minimum Gasteiger partial charge on any atom is -0.404 e. The lowest BCUT2D eigenvalue weighted by Crippen LogP contribution is -2.40. The van der Waals surface area contributed by atoms with Crippen LogP contribution in [0.4, 0.5) is 13.2 Å². The van der Waals surface area contributed by atoms with Gasteiger partial charge in [0.25, 0.3) is 0 Å². The largest absolute Gasteiger partial charge is 0.573 e. The van der Waals surface area contributed by atoms with Gasteiger partial charge in [-0.25, -0.2) is 13.1 Å². The molecule has 1 saturated heterocycles. The third-order valence-electron chi connectivity index (χ3n) is 4.78. The molecule has 2 aromatic rings. The summed E-state index contributed by atoms with van der Waals surface area (Å²) < 4.78 is 69.2. The normalized spacial score (nSPS) is 18.5. The maximum Gasteiger partial charge on any atom is 0.573 e. The standard InChI is InChI=1S/C20H23F3N2O3S/c21-20(22,23)28-18-10-4-5-11-19(18)29(26,27)24-13-17-9-6-12-25(15-17)14-16-7-2-1-3-8-16/h1-5,7-8,10-11,17,24H,6,9,12-15H2. The van der Waals surface area contributed by atoms with Crippen LogP contribution in [-0.4, -0.2) is 39.3 Å². The molecule has 0 amide bonds. The van der Waals surface area contributed by atoms with Crippen molar-refractivity contribution in [3.8, 4) is 5.75 Å². The van der Waals surface area contributed by atoms with Crippen LogP contribution < -0.4 is 9.46 Å². The third kappa shape index (κ3) is 6.45. The topological polar surface area (TPSA) is 58.6 Å². The fourth-order valence-electron chi connectivity index (χ4n) is 3.49. The van der Waals surface area contributed by atoms with Crippen molar-refractivity contribution in [2.24, 2.45) is 5.92 Å². The van der Waals surface area contributed by atoms with E-state index in [1.807, 2.05) is 30.3 Å². The highest BCUT2D eigenvalue weighted by molar-refractivity contribution is 7.89. The number of halogens is 3. The zero-order chi connectivity index (χ0) is 20.9. The van der Waals surface area contributed by atoms with Gasteiger partial charge in [-0.1, -0.05) is 42.5 Å². The van der Waals surface area contributed by atoms with Crippen molar-refractivity contribution < 1.29 is 26.3 Å². The van der Waals surface area contributed by atoms with E-state index >= 15 is 0 Å². The van der Waals surface area contributed by atoms with E-state index in [0.29, 0.717) is 0 Å². The summed E-state index contributed by atoms with van der Waals surface area (Å²) in [6.45, 7) is 2.60. The molecule has 29 heavy (non-hydrogen) atoms. The highest BCUT2D eigenvalue weighted by Gasteiger charge is 2.34. The van der Waals surface area contributed by atoms with Gasteiger partial charge in [-0.15, -0.1) is 13.2 Å². The van der Waals surface area contributed by atoms with Crippen molar-refractivity contribution in [2.45, 2.75) is 30.6 Å². The van der Waals surface area contributed by atoms with Gasteiger partial charge in [0.2, 0.25) is 10.0 Å². The van der Waals surface area contributed by atoms with Crippen LogP contribution in [0.2, 0.25) is 0 Å². The lowest BCUT2D eigenvalue weighted by molar-refractivity contribution is -0.275. The molecule has 1 atom stereocenters. The predicted molar refractivity (Wildman–Crippen MR) is 103 cm³/mol. The Morgan fingerprint density at radius 2 is 1.76 bits per heavy atom. The van der Waals surface area contributed by atoms with Gasteiger partial charge in [-0.2, -0.15) is 0 Å². The Labute approximate surface area is 168 Å². The number of sulfonamides is 1. The van der Waals surface area contributed by atoms with E-state index in [0.717, 1.165) is 44.6 Å². The van der Waals surface area contributed by atoms with Crippen LogP contribution in [0.5, 0.6) is 5.75 Å². The lowest BCUT2D eigenvalue weighted by atomic mass is 9.98. The molecule has 1 heterocycles. The van der Waals surface area contributed by atoms with Crippen LogP contribution in [0.3, 0.4) is 0 Å². The molecule has 9 heteroatoms. The molecule has 0 saturated carbocycles. The second-order valence-electron chi connectivity index (χ2n) is 7.08.